The van der Waals surface area contributed by atoms with Gasteiger partial charge in [0.1, 0.15) is 12.4 Å². The predicted molar refractivity (Wildman–Crippen MR) is 99.5 cm³/mol. The number of thioether (sulfide) groups is 2. The molecule has 1 heterocycles. The lowest BCUT2D eigenvalue weighted by Crippen LogP contribution is -2.00. The molecular formula is C17H16Cl2OS2. The highest BCUT2D eigenvalue weighted by atomic mass is 35.5. The van der Waals surface area contributed by atoms with E-state index in [1.54, 1.807) is 6.07 Å². The van der Waals surface area contributed by atoms with Crippen molar-refractivity contribution in [2.45, 2.75) is 17.6 Å². The van der Waals surface area contributed by atoms with Crippen molar-refractivity contribution in [3.63, 3.8) is 0 Å². The maximum atomic E-state index is 6.15. The van der Waals surface area contributed by atoms with E-state index < -0.39 is 0 Å². The van der Waals surface area contributed by atoms with Crippen LogP contribution in [-0.2, 0) is 6.61 Å². The van der Waals surface area contributed by atoms with Crippen molar-refractivity contribution in [2.24, 2.45) is 0 Å². The number of hydrogen-bond acceptors (Lipinski definition) is 3. The molecule has 1 saturated heterocycles. The van der Waals surface area contributed by atoms with Crippen molar-refractivity contribution in [1.82, 2.24) is 0 Å². The smallest absolute Gasteiger partial charge is 0.119 e. The van der Waals surface area contributed by atoms with Crippen molar-refractivity contribution in [3.05, 3.63) is 63.6 Å². The molecule has 5 heteroatoms. The number of hydrogen-bond donors (Lipinski definition) is 0. The SMILES string of the molecule is Clc1ccc(COc2ccc(C3SCCCS3)cc2)c(Cl)c1. The normalized spacial score (nSPS) is 15.7. The molecule has 1 fully saturated rings. The second-order valence-corrected chi connectivity index (χ2v) is 8.59. The summed E-state index contributed by atoms with van der Waals surface area (Å²) in [5, 5.41) is 1.28. The fourth-order valence-corrected chi connectivity index (χ4v) is 5.56. The lowest BCUT2D eigenvalue weighted by atomic mass is 10.2. The van der Waals surface area contributed by atoms with E-state index in [1.807, 2.05) is 47.8 Å². The first-order valence-electron chi connectivity index (χ1n) is 7.12. The zero-order valence-corrected chi connectivity index (χ0v) is 15.1. The monoisotopic (exact) mass is 370 g/mol. The Balaban J connectivity index is 1.61. The third kappa shape index (κ3) is 4.29. The Bertz CT molecular complexity index is 625. The number of rotatable bonds is 4. The van der Waals surface area contributed by atoms with Gasteiger partial charge in [-0.1, -0.05) is 41.4 Å². The summed E-state index contributed by atoms with van der Waals surface area (Å²) >= 11 is 16.1. The minimum absolute atomic E-state index is 0.447. The molecule has 1 aliphatic rings. The van der Waals surface area contributed by atoms with Crippen molar-refractivity contribution in [1.29, 1.82) is 0 Å². The summed E-state index contributed by atoms with van der Waals surface area (Å²) in [7, 11) is 0. The van der Waals surface area contributed by atoms with E-state index in [0.29, 0.717) is 21.2 Å². The molecule has 0 atom stereocenters. The minimum Gasteiger partial charge on any atom is -0.489 e. The van der Waals surface area contributed by atoms with Crippen molar-refractivity contribution in [3.8, 4) is 5.75 Å². The molecule has 2 aromatic carbocycles. The largest absolute Gasteiger partial charge is 0.489 e. The van der Waals surface area contributed by atoms with Gasteiger partial charge in [-0.25, -0.2) is 0 Å². The Morgan fingerprint density at radius 3 is 2.41 bits per heavy atom. The highest BCUT2D eigenvalue weighted by molar-refractivity contribution is 8.16. The van der Waals surface area contributed by atoms with Gasteiger partial charge in [0.25, 0.3) is 0 Å². The summed E-state index contributed by atoms with van der Waals surface area (Å²) in [5.74, 6) is 3.37. The summed E-state index contributed by atoms with van der Waals surface area (Å²) in [6.07, 6.45) is 1.31. The molecule has 116 valence electrons. The number of ether oxygens (including phenoxy) is 1. The zero-order valence-electron chi connectivity index (χ0n) is 11.9. The molecule has 0 bridgehead atoms. The van der Waals surface area contributed by atoms with Gasteiger partial charge < -0.3 is 4.74 Å². The summed E-state index contributed by atoms with van der Waals surface area (Å²) < 4.78 is 6.38. The number of benzene rings is 2. The van der Waals surface area contributed by atoms with Gasteiger partial charge in [0.15, 0.2) is 0 Å². The van der Waals surface area contributed by atoms with Gasteiger partial charge in [-0.05, 0) is 47.8 Å². The van der Waals surface area contributed by atoms with Gasteiger partial charge in [0.2, 0.25) is 0 Å². The fraction of sp³-hybridized carbons (Fsp3) is 0.294. The Kier molecular flexibility index (Phi) is 5.86. The molecule has 0 spiro atoms. The molecule has 0 amide bonds. The van der Waals surface area contributed by atoms with E-state index in [-0.39, 0.29) is 0 Å². The van der Waals surface area contributed by atoms with Gasteiger partial charge in [-0.3, -0.25) is 0 Å². The molecule has 3 rings (SSSR count). The molecule has 1 nitrogen and oxygen atoms in total. The molecule has 0 aliphatic carbocycles. The van der Waals surface area contributed by atoms with Gasteiger partial charge >= 0.3 is 0 Å². The quantitative estimate of drug-likeness (QED) is 0.612. The first kappa shape index (κ1) is 16.4. The van der Waals surface area contributed by atoms with E-state index in [4.69, 9.17) is 27.9 Å². The van der Waals surface area contributed by atoms with Crippen LogP contribution >= 0.6 is 46.7 Å². The topological polar surface area (TPSA) is 9.23 Å². The molecule has 22 heavy (non-hydrogen) atoms. The molecule has 0 radical (unpaired) electrons. The first-order chi connectivity index (χ1) is 10.7. The average Bonchev–Trinajstić information content (AvgIpc) is 2.55. The molecule has 0 unspecified atom stereocenters. The Labute approximate surface area is 149 Å². The third-order valence-corrected chi connectivity index (χ3v) is 6.99. The Hall–Kier alpha value is -0.480. The van der Waals surface area contributed by atoms with Gasteiger partial charge in [-0.15, -0.1) is 23.5 Å². The van der Waals surface area contributed by atoms with Crippen LogP contribution in [0, 0.1) is 0 Å². The van der Waals surface area contributed by atoms with Crippen molar-refractivity contribution >= 4 is 46.7 Å². The molecule has 0 aromatic heterocycles. The molecular weight excluding hydrogens is 355 g/mol. The van der Waals surface area contributed by atoms with Crippen LogP contribution in [0.15, 0.2) is 42.5 Å². The standard InChI is InChI=1S/C17H16Cl2OS2/c18-14-5-2-13(16(19)10-14)11-20-15-6-3-12(4-7-15)17-21-8-1-9-22-17/h2-7,10,17H,1,8-9,11H2. The summed E-state index contributed by atoms with van der Waals surface area (Å²) in [4.78, 5) is 0. The van der Waals surface area contributed by atoms with Crippen LogP contribution in [0.4, 0.5) is 0 Å². The first-order valence-corrected chi connectivity index (χ1v) is 9.97. The second-order valence-electron chi connectivity index (χ2n) is 5.02. The van der Waals surface area contributed by atoms with Crippen LogP contribution in [0.5, 0.6) is 5.75 Å². The van der Waals surface area contributed by atoms with Crippen LogP contribution < -0.4 is 4.74 Å². The summed E-state index contributed by atoms with van der Waals surface area (Å²) in [6.45, 7) is 0.447. The maximum Gasteiger partial charge on any atom is 0.119 e. The summed E-state index contributed by atoms with van der Waals surface area (Å²) in [5.41, 5.74) is 2.31. The molecule has 0 saturated carbocycles. The van der Waals surface area contributed by atoms with Crippen LogP contribution in [0.2, 0.25) is 10.0 Å². The fourth-order valence-electron chi connectivity index (χ4n) is 2.20. The van der Waals surface area contributed by atoms with Gasteiger partial charge in [-0.2, -0.15) is 0 Å². The van der Waals surface area contributed by atoms with Crippen LogP contribution in [0.25, 0.3) is 0 Å². The van der Waals surface area contributed by atoms with Gasteiger partial charge in [0, 0.05) is 15.6 Å². The third-order valence-electron chi connectivity index (χ3n) is 3.39. The maximum absolute atomic E-state index is 6.15. The lowest BCUT2D eigenvalue weighted by Gasteiger charge is -2.21. The van der Waals surface area contributed by atoms with E-state index in [9.17, 15) is 0 Å². The van der Waals surface area contributed by atoms with Crippen molar-refractivity contribution in [2.75, 3.05) is 11.5 Å². The van der Waals surface area contributed by atoms with E-state index in [1.165, 1.54) is 23.5 Å². The molecule has 1 aliphatic heterocycles. The Morgan fingerprint density at radius 1 is 1.00 bits per heavy atom. The highest BCUT2D eigenvalue weighted by Gasteiger charge is 2.16. The lowest BCUT2D eigenvalue weighted by molar-refractivity contribution is 0.306. The summed E-state index contributed by atoms with van der Waals surface area (Å²) in [6, 6.07) is 13.9. The Morgan fingerprint density at radius 2 is 1.73 bits per heavy atom. The van der Waals surface area contributed by atoms with Crippen LogP contribution in [-0.4, -0.2) is 11.5 Å². The zero-order chi connectivity index (χ0) is 15.4. The number of halogens is 2. The predicted octanol–water partition coefficient (Wildman–Crippen LogP) is 6.44. The van der Waals surface area contributed by atoms with E-state index in [0.717, 1.165) is 11.3 Å². The van der Waals surface area contributed by atoms with Crippen LogP contribution in [0.1, 0.15) is 22.1 Å². The van der Waals surface area contributed by atoms with Crippen LogP contribution in [0.3, 0.4) is 0 Å². The van der Waals surface area contributed by atoms with Gasteiger partial charge in [0.05, 0.1) is 4.58 Å². The highest BCUT2D eigenvalue weighted by Crippen LogP contribution is 2.43. The van der Waals surface area contributed by atoms with Crippen molar-refractivity contribution < 1.29 is 4.74 Å². The second kappa shape index (κ2) is 7.87. The average molecular weight is 371 g/mol. The van der Waals surface area contributed by atoms with E-state index in [2.05, 4.69) is 12.1 Å². The van der Waals surface area contributed by atoms with E-state index >= 15 is 0 Å². The molecule has 0 N–H and O–H groups in total. The molecule has 2 aromatic rings. The minimum atomic E-state index is 0.447.